The van der Waals surface area contributed by atoms with Crippen LogP contribution >= 0.6 is 0 Å². The lowest BCUT2D eigenvalue weighted by Crippen LogP contribution is -2.59. The van der Waals surface area contributed by atoms with Gasteiger partial charge in [0.25, 0.3) is 10.1 Å². The predicted octanol–water partition coefficient (Wildman–Crippen LogP) is 0.273. The molecule has 0 unspecified atom stereocenters. The van der Waals surface area contributed by atoms with Gasteiger partial charge in [0.2, 0.25) is 29.5 Å². The highest BCUT2D eigenvalue weighted by molar-refractivity contribution is 7.86. The number of H-pyrrole nitrogens is 1. The van der Waals surface area contributed by atoms with Crippen LogP contribution in [0.5, 0.6) is 0 Å². The van der Waals surface area contributed by atoms with E-state index < -0.39 is 82.0 Å². The number of nitrogens with zero attached hydrogens (tertiary/aromatic N) is 1. The van der Waals surface area contributed by atoms with Crippen LogP contribution in [-0.4, -0.2) is 100 Å². The van der Waals surface area contributed by atoms with Gasteiger partial charge in [0.05, 0.1) is 6.42 Å². The smallest absolute Gasteiger partial charge is 0.305 e. The molecule has 8 N–H and O–H groups in total. The van der Waals surface area contributed by atoms with Gasteiger partial charge < -0.3 is 36.7 Å². The quantitative estimate of drug-likeness (QED) is 0.0834. The number of carbonyl (C=O) groups is 6. The molecule has 0 saturated carbocycles. The van der Waals surface area contributed by atoms with E-state index in [-0.39, 0.29) is 19.3 Å². The van der Waals surface area contributed by atoms with Crippen molar-refractivity contribution >= 4 is 56.5 Å². The number of rotatable bonds is 19. The summed E-state index contributed by atoms with van der Waals surface area (Å²) < 4.78 is 32.0. The topological polar surface area (TPSA) is 258 Å². The summed E-state index contributed by atoms with van der Waals surface area (Å²) in [6, 6.07) is 10.2. The second-order valence-electron chi connectivity index (χ2n) is 11.8. The minimum Gasteiger partial charge on any atom is -0.481 e. The molecular weight excluding hydrogens is 672 g/mol. The molecule has 0 aliphatic rings. The van der Waals surface area contributed by atoms with Gasteiger partial charge in [0.15, 0.2) is 5.75 Å². The van der Waals surface area contributed by atoms with Crippen LogP contribution in [0.1, 0.15) is 43.7 Å². The first-order chi connectivity index (χ1) is 23.6. The molecule has 16 nitrogen and oxygen atoms in total. The number of hydrogen-bond acceptors (Lipinski definition) is 8. The molecule has 3 rings (SSSR count). The normalized spacial score (nSPS) is 13.7. The number of fused-ring (bicyclic) bond motifs is 1. The Hall–Kier alpha value is -5.29. The molecule has 17 heteroatoms. The van der Waals surface area contributed by atoms with E-state index in [2.05, 4.69) is 20.9 Å². The van der Waals surface area contributed by atoms with Crippen molar-refractivity contribution in [3.8, 4) is 0 Å². The highest BCUT2D eigenvalue weighted by atomic mass is 32.2. The largest absolute Gasteiger partial charge is 0.481 e. The van der Waals surface area contributed by atoms with Gasteiger partial charge in [-0.05, 0) is 23.6 Å². The Kier molecular flexibility index (Phi) is 14.0. The number of amides is 5. The monoisotopic (exact) mass is 714 g/mol. The van der Waals surface area contributed by atoms with Gasteiger partial charge in [-0.3, -0.25) is 33.3 Å². The molecule has 50 heavy (non-hydrogen) atoms. The maximum Gasteiger partial charge on any atom is 0.305 e. The van der Waals surface area contributed by atoms with Gasteiger partial charge in [0, 0.05) is 37.0 Å². The number of aromatic amines is 1. The summed E-state index contributed by atoms with van der Waals surface area (Å²) in [5.74, 6) is -7.46. The maximum absolute atomic E-state index is 14.0. The molecule has 270 valence electrons. The number of hydrogen-bond donors (Lipinski definition) is 7. The summed E-state index contributed by atoms with van der Waals surface area (Å²) in [6.07, 6.45) is 1.72. The summed E-state index contributed by atoms with van der Waals surface area (Å²) in [5, 5.41) is 17.4. The summed E-state index contributed by atoms with van der Waals surface area (Å²) >= 11 is 0. The van der Waals surface area contributed by atoms with Gasteiger partial charge in [-0.1, -0.05) is 68.3 Å². The number of carboxylic acids is 1. The summed E-state index contributed by atoms with van der Waals surface area (Å²) in [5.41, 5.74) is 7.50. The maximum atomic E-state index is 14.0. The molecule has 2 aromatic carbocycles. The van der Waals surface area contributed by atoms with Gasteiger partial charge in [-0.25, -0.2) is 0 Å². The van der Waals surface area contributed by atoms with E-state index in [1.165, 1.54) is 7.05 Å². The molecule has 0 spiro atoms. The molecule has 0 aliphatic carbocycles. The van der Waals surface area contributed by atoms with Crippen LogP contribution in [-0.2, 0) is 51.7 Å². The third-order valence-electron chi connectivity index (χ3n) is 7.95. The standard InChI is InChI=1S/C33H42N6O10S/c1-3-4-14-27(32(45)38-25(17-29(41)42)31(44)37-24(30(34)43)15-20-10-6-5-7-11-20)39(2)33(46)26(36-28(40)19-50(47,48)49)16-21-18-35-23-13-9-8-12-22(21)23/h5-13,18,24-27,35H,3-4,14-17,19H2,1-2H3,(H2,34,43)(H,36,40)(H,37,44)(H,38,45)(H,41,42)(H,47,48,49)/t24-,25-,26-,27-/m0/s1. The second-order valence-corrected chi connectivity index (χ2v) is 13.3. The van der Waals surface area contributed by atoms with Gasteiger partial charge >= 0.3 is 5.97 Å². The van der Waals surface area contributed by atoms with Crippen LogP contribution in [0.25, 0.3) is 10.9 Å². The highest BCUT2D eigenvalue weighted by Gasteiger charge is 2.35. The molecular formula is C33H42N6O10S. The van der Waals surface area contributed by atoms with Crippen molar-refractivity contribution in [2.75, 3.05) is 12.8 Å². The molecule has 1 aromatic heterocycles. The van der Waals surface area contributed by atoms with Crippen molar-refractivity contribution < 1.29 is 46.8 Å². The van der Waals surface area contributed by atoms with E-state index in [4.69, 9.17) is 5.73 Å². The third kappa shape index (κ3) is 11.7. The molecule has 3 aromatic rings. The number of unbranched alkanes of at least 4 members (excludes halogenated alkanes) is 1. The van der Waals surface area contributed by atoms with E-state index >= 15 is 0 Å². The Labute approximate surface area is 288 Å². The Balaban J connectivity index is 1.87. The molecule has 0 saturated heterocycles. The lowest BCUT2D eigenvalue weighted by Gasteiger charge is -2.32. The van der Waals surface area contributed by atoms with Gasteiger partial charge in [-0.15, -0.1) is 0 Å². The molecule has 1 heterocycles. The fraction of sp³-hybridized carbons (Fsp3) is 0.394. The first-order valence-corrected chi connectivity index (χ1v) is 17.4. The first-order valence-electron chi connectivity index (χ1n) is 15.8. The Morgan fingerprint density at radius 3 is 2.14 bits per heavy atom. The molecule has 5 amide bonds. The second kappa shape index (κ2) is 17.9. The Bertz CT molecular complexity index is 1800. The van der Waals surface area contributed by atoms with Gasteiger partial charge in [0.1, 0.15) is 24.2 Å². The predicted molar refractivity (Wildman–Crippen MR) is 182 cm³/mol. The van der Waals surface area contributed by atoms with Crippen molar-refractivity contribution in [1.29, 1.82) is 0 Å². The van der Waals surface area contributed by atoms with Crippen molar-refractivity contribution in [3.63, 3.8) is 0 Å². The zero-order valence-corrected chi connectivity index (χ0v) is 28.4. The Morgan fingerprint density at radius 1 is 0.880 bits per heavy atom. The van der Waals surface area contributed by atoms with Gasteiger partial charge in [-0.2, -0.15) is 8.42 Å². The molecule has 0 bridgehead atoms. The zero-order chi connectivity index (χ0) is 37.0. The van der Waals surface area contributed by atoms with Crippen molar-refractivity contribution in [1.82, 2.24) is 25.8 Å². The number of primary amides is 1. The minimum absolute atomic E-state index is 0.00708. The number of carboxylic acid groups (broad SMARTS) is 1. The van der Waals surface area contributed by atoms with Crippen LogP contribution in [0.3, 0.4) is 0 Å². The van der Waals surface area contributed by atoms with E-state index in [9.17, 15) is 46.8 Å². The fourth-order valence-electron chi connectivity index (χ4n) is 5.42. The van der Waals surface area contributed by atoms with Crippen LogP contribution < -0.4 is 21.7 Å². The SMILES string of the molecule is CCCC[C@@H](C(=O)N[C@@H](CC(=O)O)C(=O)N[C@@H](Cc1ccccc1)C(N)=O)N(C)C(=O)[C@H](Cc1c[nH]c2ccccc12)NC(=O)CS(=O)(=O)O. The molecule has 0 aliphatic heterocycles. The van der Waals surface area contributed by atoms with Crippen LogP contribution in [0.2, 0.25) is 0 Å². The first kappa shape index (κ1) is 39.2. The number of nitrogens with two attached hydrogens (primary N) is 1. The summed E-state index contributed by atoms with van der Waals surface area (Å²) in [6.45, 7) is 1.84. The van der Waals surface area contributed by atoms with Crippen molar-refractivity contribution in [3.05, 3.63) is 71.9 Å². The lowest BCUT2D eigenvalue weighted by atomic mass is 10.0. The number of aliphatic carboxylic acids is 1. The average Bonchev–Trinajstić information content (AvgIpc) is 3.45. The van der Waals surface area contributed by atoms with E-state index in [1.54, 1.807) is 60.8 Å². The summed E-state index contributed by atoms with van der Waals surface area (Å²) in [4.78, 5) is 81.6. The average molecular weight is 715 g/mol. The Morgan fingerprint density at radius 2 is 1.52 bits per heavy atom. The number of aromatic nitrogens is 1. The van der Waals surface area contributed by atoms with Crippen LogP contribution in [0.15, 0.2) is 60.8 Å². The molecule has 0 radical (unpaired) electrons. The number of benzene rings is 2. The zero-order valence-electron chi connectivity index (χ0n) is 27.6. The molecule has 0 fully saturated rings. The van der Waals surface area contributed by atoms with Crippen LogP contribution in [0.4, 0.5) is 0 Å². The van der Waals surface area contributed by atoms with Crippen molar-refractivity contribution in [2.45, 2.75) is 69.6 Å². The minimum atomic E-state index is -4.74. The number of carbonyl (C=O) groups excluding carboxylic acids is 5. The third-order valence-corrected chi connectivity index (χ3v) is 8.58. The highest BCUT2D eigenvalue weighted by Crippen LogP contribution is 2.20. The van der Waals surface area contributed by atoms with E-state index in [0.29, 0.717) is 24.0 Å². The van der Waals surface area contributed by atoms with E-state index in [1.807, 2.05) is 6.92 Å². The lowest BCUT2D eigenvalue weighted by molar-refractivity contribution is -0.144. The van der Waals surface area contributed by atoms with Crippen LogP contribution in [0, 0.1) is 0 Å². The summed E-state index contributed by atoms with van der Waals surface area (Å²) in [7, 11) is -3.45. The number of para-hydroxylation sites is 1. The molecule has 4 atom stereocenters. The number of nitrogens with one attached hydrogen (secondary N) is 4. The fourth-order valence-corrected chi connectivity index (χ4v) is 5.83. The number of likely N-dealkylation sites (N-methyl/N-ethyl adjacent to an activating group) is 1. The van der Waals surface area contributed by atoms with Crippen molar-refractivity contribution in [2.24, 2.45) is 5.73 Å². The van der Waals surface area contributed by atoms with E-state index in [0.717, 1.165) is 15.8 Å².